The summed E-state index contributed by atoms with van der Waals surface area (Å²) in [6, 6.07) is 4.26. The lowest BCUT2D eigenvalue weighted by Crippen LogP contribution is -2.01. The lowest BCUT2D eigenvalue weighted by molar-refractivity contribution is 1.09. The third-order valence-corrected chi connectivity index (χ3v) is 4.11. The molecule has 17 heavy (non-hydrogen) atoms. The summed E-state index contributed by atoms with van der Waals surface area (Å²) in [5.74, 6) is 0. The van der Waals surface area contributed by atoms with Gasteiger partial charge in [0.1, 0.15) is 9.34 Å². The molecule has 90 valence electrons. The zero-order chi connectivity index (χ0) is 12.4. The van der Waals surface area contributed by atoms with Gasteiger partial charge in [-0.3, -0.25) is 0 Å². The van der Waals surface area contributed by atoms with E-state index in [-0.39, 0.29) is 0 Å². The normalized spacial score (nSPS) is 10.6. The molecule has 1 aromatic heterocycles. The van der Waals surface area contributed by atoms with Gasteiger partial charge in [0.2, 0.25) is 0 Å². The number of nitrogens with one attached hydrogen (secondary N) is 1. The van der Waals surface area contributed by atoms with Crippen LogP contribution >= 0.6 is 38.9 Å². The van der Waals surface area contributed by atoms with E-state index in [4.69, 9.17) is 11.6 Å². The molecule has 1 N–H and O–H groups in total. The molecular weight excluding hydrogens is 320 g/mol. The van der Waals surface area contributed by atoms with Gasteiger partial charge in [-0.25, -0.2) is 4.98 Å². The van der Waals surface area contributed by atoms with Crippen molar-refractivity contribution in [1.82, 2.24) is 4.98 Å². The minimum absolute atomic E-state index is 0.694. The Morgan fingerprint density at radius 3 is 2.76 bits per heavy atom. The number of benzene rings is 1. The number of halogens is 2. The molecule has 0 aliphatic carbocycles. The first-order chi connectivity index (χ1) is 8.06. The van der Waals surface area contributed by atoms with E-state index in [1.54, 1.807) is 6.20 Å². The molecule has 5 heteroatoms. The van der Waals surface area contributed by atoms with Crippen molar-refractivity contribution >= 4 is 44.6 Å². The van der Waals surface area contributed by atoms with Gasteiger partial charge in [0, 0.05) is 4.47 Å². The molecule has 0 unspecified atom stereocenters. The van der Waals surface area contributed by atoms with Crippen LogP contribution < -0.4 is 5.32 Å². The molecule has 2 rings (SSSR count). The van der Waals surface area contributed by atoms with Crippen molar-refractivity contribution in [2.24, 2.45) is 0 Å². The Labute approximate surface area is 118 Å². The number of nitrogens with zero attached hydrogens (tertiary/aromatic N) is 1. The number of hydrogen-bond acceptors (Lipinski definition) is 3. The molecule has 0 radical (unpaired) electrons. The van der Waals surface area contributed by atoms with Crippen LogP contribution in [0, 0.1) is 13.8 Å². The van der Waals surface area contributed by atoms with Crippen LogP contribution in [-0.2, 0) is 6.54 Å². The van der Waals surface area contributed by atoms with Gasteiger partial charge in [-0.15, -0.1) is 11.3 Å². The van der Waals surface area contributed by atoms with Gasteiger partial charge in [-0.05, 0) is 47.0 Å². The molecule has 0 amide bonds. The van der Waals surface area contributed by atoms with Crippen molar-refractivity contribution in [3.05, 3.63) is 43.3 Å². The van der Waals surface area contributed by atoms with E-state index < -0.39 is 0 Å². The lowest BCUT2D eigenvalue weighted by atomic mass is 10.1. The van der Waals surface area contributed by atoms with E-state index in [1.165, 1.54) is 22.5 Å². The van der Waals surface area contributed by atoms with Crippen LogP contribution in [0.5, 0.6) is 0 Å². The highest BCUT2D eigenvalue weighted by atomic mass is 79.9. The van der Waals surface area contributed by atoms with E-state index in [2.05, 4.69) is 52.2 Å². The molecule has 0 bridgehead atoms. The third kappa shape index (κ3) is 3.21. The smallest absolute Gasteiger partial charge is 0.113 e. The molecular formula is C12H12BrClN2S. The molecule has 0 atom stereocenters. The van der Waals surface area contributed by atoms with Gasteiger partial charge in [-0.2, -0.15) is 0 Å². The van der Waals surface area contributed by atoms with Gasteiger partial charge < -0.3 is 5.32 Å². The largest absolute Gasteiger partial charge is 0.377 e. The minimum atomic E-state index is 0.694. The Bertz CT molecular complexity index is 516. The summed E-state index contributed by atoms with van der Waals surface area (Å²) in [5, 5.41) is 4.37. The first-order valence-corrected chi connectivity index (χ1v) is 7.16. The van der Waals surface area contributed by atoms with Crippen molar-refractivity contribution in [2.75, 3.05) is 5.32 Å². The Hall–Kier alpha value is -0.580. The fourth-order valence-electron chi connectivity index (χ4n) is 1.67. The maximum atomic E-state index is 5.84. The Morgan fingerprint density at radius 1 is 1.41 bits per heavy atom. The van der Waals surface area contributed by atoms with Crippen LogP contribution in [-0.4, -0.2) is 4.98 Å². The predicted molar refractivity (Wildman–Crippen MR) is 78.1 cm³/mol. The Kier molecular flexibility index (Phi) is 4.07. The fraction of sp³-hybridized carbons (Fsp3) is 0.250. The average Bonchev–Trinajstić information content (AvgIpc) is 2.62. The first-order valence-electron chi connectivity index (χ1n) is 5.17. The summed E-state index contributed by atoms with van der Waals surface area (Å²) < 4.78 is 1.80. The third-order valence-electron chi connectivity index (χ3n) is 2.37. The topological polar surface area (TPSA) is 24.9 Å². The number of thiazole rings is 1. The molecule has 0 saturated carbocycles. The fourth-order valence-corrected chi connectivity index (χ4v) is 3.38. The Morgan fingerprint density at radius 2 is 2.18 bits per heavy atom. The van der Waals surface area contributed by atoms with Crippen LogP contribution in [0.15, 0.2) is 22.8 Å². The second-order valence-corrected chi connectivity index (χ2v) is 6.45. The number of aryl methyl sites for hydroxylation is 2. The molecule has 0 fully saturated rings. The van der Waals surface area contributed by atoms with Crippen LogP contribution in [0.1, 0.15) is 16.1 Å². The number of rotatable bonds is 3. The summed E-state index contributed by atoms with van der Waals surface area (Å²) in [6.45, 7) is 4.87. The van der Waals surface area contributed by atoms with E-state index in [9.17, 15) is 0 Å². The predicted octanol–water partition coefficient (Wildman–Crippen LogP) is 4.79. The van der Waals surface area contributed by atoms with Crippen molar-refractivity contribution < 1.29 is 0 Å². The van der Waals surface area contributed by atoms with Crippen molar-refractivity contribution in [3.63, 3.8) is 0 Å². The molecule has 1 heterocycles. The molecule has 0 aliphatic rings. The van der Waals surface area contributed by atoms with Gasteiger partial charge in [0.05, 0.1) is 18.4 Å². The van der Waals surface area contributed by atoms with Crippen molar-refractivity contribution in [2.45, 2.75) is 20.4 Å². The zero-order valence-electron chi connectivity index (χ0n) is 9.55. The lowest BCUT2D eigenvalue weighted by Gasteiger charge is -2.11. The van der Waals surface area contributed by atoms with E-state index >= 15 is 0 Å². The number of hydrogen-bond donors (Lipinski definition) is 1. The van der Waals surface area contributed by atoms with E-state index in [1.807, 2.05) is 0 Å². The maximum Gasteiger partial charge on any atom is 0.113 e. The van der Waals surface area contributed by atoms with E-state index in [0.29, 0.717) is 6.54 Å². The molecule has 2 nitrogen and oxygen atoms in total. The van der Waals surface area contributed by atoms with Gasteiger partial charge >= 0.3 is 0 Å². The van der Waals surface area contributed by atoms with Crippen LogP contribution in [0.4, 0.5) is 5.69 Å². The summed E-state index contributed by atoms with van der Waals surface area (Å²) in [6.07, 6.45) is 1.68. The van der Waals surface area contributed by atoms with Crippen molar-refractivity contribution in [1.29, 1.82) is 0 Å². The van der Waals surface area contributed by atoms with Gasteiger partial charge in [0.15, 0.2) is 0 Å². The second kappa shape index (κ2) is 5.38. The highest BCUT2D eigenvalue weighted by molar-refractivity contribution is 9.10. The summed E-state index contributed by atoms with van der Waals surface area (Å²) in [4.78, 5) is 4.22. The number of anilines is 1. The summed E-state index contributed by atoms with van der Waals surface area (Å²) in [7, 11) is 0. The average molecular weight is 332 g/mol. The van der Waals surface area contributed by atoms with E-state index in [0.717, 1.165) is 19.5 Å². The quantitative estimate of drug-likeness (QED) is 0.875. The summed E-state index contributed by atoms with van der Waals surface area (Å²) in [5.41, 5.74) is 3.58. The second-order valence-electron chi connectivity index (χ2n) is 3.85. The maximum absolute atomic E-state index is 5.84. The Balaban J connectivity index is 2.14. The monoisotopic (exact) mass is 330 g/mol. The minimum Gasteiger partial charge on any atom is -0.377 e. The standard InChI is InChI=1S/C12H12BrClN2S/c1-7-3-8(2)12(9(13)4-7)16-6-11-15-5-10(14)17-11/h3-5,16H,6H2,1-2H3. The highest BCUT2D eigenvalue weighted by Crippen LogP contribution is 2.28. The highest BCUT2D eigenvalue weighted by Gasteiger charge is 2.06. The van der Waals surface area contributed by atoms with Crippen LogP contribution in [0.2, 0.25) is 4.34 Å². The van der Waals surface area contributed by atoms with Crippen LogP contribution in [0.25, 0.3) is 0 Å². The molecule has 0 spiro atoms. The number of aromatic nitrogens is 1. The molecule has 2 aromatic rings. The van der Waals surface area contributed by atoms with Crippen molar-refractivity contribution in [3.8, 4) is 0 Å². The molecule has 0 saturated heterocycles. The molecule has 1 aromatic carbocycles. The summed E-state index contributed by atoms with van der Waals surface area (Å²) >= 11 is 10.9. The van der Waals surface area contributed by atoms with Gasteiger partial charge in [-0.1, -0.05) is 17.7 Å². The van der Waals surface area contributed by atoms with Gasteiger partial charge in [0.25, 0.3) is 0 Å². The SMILES string of the molecule is Cc1cc(C)c(NCc2ncc(Cl)s2)c(Br)c1. The molecule has 0 aliphatic heterocycles. The first kappa shape index (κ1) is 12.9. The van der Waals surface area contributed by atoms with Crippen LogP contribution in [0.3, 0.4) is 0 Å². The zero-order valence-corrected chi connectivity index (χ0v) is 12.7.